The van der Waals surface area contributed by atoms with Crippen LogP contribution in [0.5, 0.6) is 5.75 Å². The average Bonchev–Trinajstić information content (AvgIpc) is 2.38. The van der Waals surface area contributed by atoms with Crippen LogP contribution in [0.25, 0.3) is 0 Å². The van der Waals surface area contributed by atoms with E-state index in [-0.39, 0.29) is 11.9 Å². The lowest BCUT2D eigenvalue weighted by Gasteiger charge is -2.26. The molecule has 0 saturated carbocycles. The Morgan fingerprint density at radius 2 is 2.06 bits per heavy atom. The van der Waals surface area contributed by atoms with Crippen LogP contribution in [0.15, 0.2) is 24.3 Å². The van der Waals surface area contributed by atoms with E-state index in [0.717, 1.165) is 11.3 Å². The highest BCUT2D eigenvalue weighted by Crippen LogP contribution is 2.27. The lowest BCUT2D eigenvalue weighted by molar-refractivity contribution is -0.121. The number of hydrogen-bond donors (Lipinski definition) is 1. The second kappa shape index (κ2) is 7.01. The van der Waals surface area contributed by atoms with Crippen molar-refractivity contribution in [3.63, 3.8) is 0 Å². The zero-order valence-corrected chi connectivity index (χ0v) is 11.6. The van der Waals surface area contributed by atoms with Crippen molar-refractivity contribution in [2.75, 3.05) is 27.7 Å². The van der Waals surface area contributed by atoms with Gasteiger partial charge in [-0.05, 0) is 20.2 Å². The summed E-state index contributed by atoms with van der Waals surface area (Å²) < 4.78 is 5.37. The molecule has 0 heterocycles. The first kappa shape index (κ1) is 14.5. The van der Waals surface area contributed by atoms with Gasteiger partial charge in [-0.25, -0.2) is 0 Å². The minimum Gasteiger partial charge on any atom is -0.496 e. The molecule has 1 rings (SSSR count). The average molecular weight is 250 g/mol. The van der Waals surface area contributed by atoms with E-state index in [4.69, 9.17) is 4.74 Å². The second-order valence-electron chi connectivity index (χ2n) is 4.38. The van der Waals surface area contributed by atoms with Gasteiger partial charge in [-0.2, -0.15) is 0 Å². The van der Waals surface area contributed by atoms with Crippen LogP contribution in [0, 0.1) is 0 Å². The van der Waals surface area contributed by atoms with Crippen molar-refractivity contribution in [3.8, 4) is 5.75 Å². The first-order valence-corrected chi connectivity index (χ1v) is 6.16. The molecule has 0 aliphatic carbocycles. The van der Waals surface area contributed by atoms with Gasteiger partial charge >= 0.3 is 0 Å². The summed E-state index contributed by atoms with van der Waals surface area (Å²) in [4.78, 5) is 13.4. The van der Waals surface area contributed by atoms with E-state index in [1.807, 2.05) is 45.3 Å². The predicted molar refractivity (Wildman–Crippen MR) is 72.7 cm³/mol. The summed E-state index contributed by atoms with van der Waals surface area (Å²) in [6.07, 6.45) is 0.506. The Morgan fingerprint density at radius 3 is 2.61 bits per heavy atom. The number of carbonyl (C=O) groups excluding carboxylic acids is 1. The van der Waals surface area contributed by atoms with E-state index in [0.29, 0.717) is 13.0 Å². The van der Waals surface area contributed by atoms with Gasteiger partial charge in [0.15, 0.2) is 0 Å². The van der Waals surface area contributed by atoms with Crippen LogP contribution < -0.4 is 10.1 Å². The molecule has 0 saturated heterocycles. The summed E-state index contributed by atoms with van der Waals surface area (Å²) in [5.74, 6) is 0.915. The summed E-state index contributed by atoms with van der Waals surface area (Å²) in [7, 11) is 5.65. The molecule has 0 fully saturated rings. The number of methoxy groups -OCH3 is 1. The largest absolute Gasteiger partial charge is 0.496 e. The number of rotatable bonds is 6. The van der Waals surface area contributed by atoms with Crippen LogP contribution in [0.2, 0.25) is 0 Å². The van der Waals surface area contributed by atoms with Crippen LogP contribution in [0.3, 0.4) is 0 Å². The number of nitrogens with one attached hydrogen (secondary N) is 1. The second-order valence-corrected chi connectivity index (χ2v) is 4.38. The molecule has 0 unspecified atom stereocenters. The normalized spacial score (nSPS) is 12.3. The molecule has 0 aliphatic heterocycles. The van der Waals surface area contributed by atoms with E-state index in [1.165, 1.54) is 0 Å². The minimum absolute atomic E-state index is 0.0664. The van der Waals surface area contributed by atoms with Crippen LogP contribution in [0.1, 0.15) is 24.9 Å². The van der Waals surface area contributed by atoms with Gasteiger partial charge in [-0.15, -0.1) is 0 Å². The molecule has 4 nitrogen and oxygen atoms in total. The monoisotopic (exact) mass is 250 g/mol. The fourth-order valence-electron chi connectivity index (χ4n) is 1.85. The van der Waals surface area contributed by atoms with Crippen molar-refractivity contribution in [1.29, 1.82) is 0 Å². The van der Waals surface area contributed by atoms with E-state index >= 15 is 0 Å². The molecule has 0 aliphatic rings. The fraction of sp³-hybridized carbons (Fsp3) is 0.500. The molecule has 0 radical (unpaired) electrons. The number of benzene rings is 1. The molecule has 1 aromatic carbocycles. The van der Waals surface area contributed by atoms with Gasteiger partial charge in [0.2, 0.25) is 5.91 Å². The molecule has 0 aromatic heterocycles. The summed E-state index contributed by atoms with van der Waals surface area (Å²) >= 11 is 0. The molecule has 1 amide bonds. The predicted octanol–water partition coefficient (Wildman–Crippen LogP) is 1.82. The van der Waals surface area contributed by atoms with Gasteiger partial charge in [0.05, 0.1) is 13.2 Å². The van der Waals surface area contributed by atoms with Crippen LogP contribution in [0.4, 0.5) is 0 Å². The van der Waals surface area contributed by atoms with Crippen molar-refractivity contribution in [3.05, 3.63) is 29.8 Å². The van der Waals surface area contributed by atoms with E-state index in [2.05, 4.69) is 10.2 Å². The fourth-order valence-corrected chi connectivity index (χ4v) is 1.85. The van der Waals surface area contributed by atoms with Crippen molar-refractivity contribution in [1.82, 2.24) is 10.2 Å². The van der Waals surface area contributed by atoms with Crippen molar-refractivity contribution < 1.29 is 9.53 Å². The quantitative estimate of drug-likeness (QED) is 0.837. The molecule has 18 heavy (non-hydrogen) atoms. The van der Waals surface area contributed by atoms with E-state index < -0.39 is 0 Å². The number of likely N-dealkylation sites (N-methyl/N-ethyl adjacent to an activating group) is 1. The maximum Gasteiger partial charge on any atom is 0.219 e. The molecule has 1 aromatic rings. The smallest absolute Gasteiger partial charge is 0.219 e. The topological polar surface area (TPSA) is 41.6 Å². The summed E-state index contributed by atoms with van der Waals surface area (Å²) in [6, 6.07) is 8.00. The zero-order valence-electron chi connectivity index (χ0n) is 11.6. The molecule has 0 spiro atoms. The SMILES string of the molecule is CCC(=O)NC[C@H](c1ccccc1OC)N(C)C. The van der Waals surface area contributed by atoms with Crippen LogP contribution in [-0.2, 0) is 4.79 Å². The Morgan fingerprint density at radius 1 is 1.39 bits per heavy atom. The first-order chi connectivity index (χ1) is 8.60. The lowest BCUT2D eigenvalue weighted by Crippen LogP contribution is -2.34. The molecule has 100 valence electrons. The van der Waals surface area contributed by atoms with Gasteiger partial charge in [0.1, 0.15) is 5.75 Å². The highest BCUT2D eigenvalue weighted by molar-refractivity contribution is 5.75. The summed E-state index contributed by atoms with van der Waals surface area (Å²) in [5, 5.41) is 2.93. The molecule has 1 N–H and O–H groups in total. The number of hydrogen-bond acceptors (Lipinski definition) is 3. The highest BCUT2D eigenvalue weighted by Gasteiger charge is 2.18. The number of nitrogens with zero attached hydrogens (tertiary/aromatic N) is 1. The maximum atomic E-state index is 11.4. The lowest BCUT2D eigenvalue weighted by atomic mass is 10.0. The third-order valence-corrected chi connectivity index (χ3v) is 2.93. The van der Waals surface area contributed by atoms with E-state index in [1.54, 1.807) is 7.11 Å². The maximum absolute atomic E-state index is 11.4. The Balaban J connectivity index is 2.87. The third-order valence-electron chi connectivity index (χ3n) is 2.93. The van der Waals surface area contributed by atoms with Gasteiger partial charge in [0.25, 0.3) is 0 Å². The van der Waals surface area contributed by atoms with Gasteiger partial charge in [-0.3, -0.25) is 4.79 Å². The Bertz CT molecular complexity index is 391. The Hall–Kier alpha value is -1.55. The minimum atomic E-state index is 0.0664. The number of carbonyl (C=O) groups is 1. The Labute approximate surface area is 109 Å². The van der Waals surface area contributed by atoms with Crippen molar-refractivity contribution >= 4 is 5.91 Å². The van der Waals surface area contributed by atoms with Crippen LogP contribution in [-0.4, -0.2) is 38.6 Å². The van der Waals surface area contributed by atoms with Gasteiger partial charge < -0.3 is 15.0 Å². The van der Waals surface area contributed by atoms with Crippen molar-refractivity contribution in [2.45, 2.75) is 19.4 Å². The third kappa shape index (κ3) is 3.74. The van der Waals surface area contributed by atoms with Crippen LogP contribution >= 0.6 is 0 Å². The molecule has 0 bridgehead atoms. The summed E-state index contributed by atoms with van der Waals surface area (Å²) in [5.41, 5.74) is 1.08. The number of amides is 1. The first-order valence-electron chi connectivity index (χ1n) is 6.16. The molecule has 4 heteroatoms. The van der Waals surface area contributed by atoms with Gasteiger partial charge in [0, 0.05) is 18.5 Å². The molecular weight excluding hydrogens is 228 g/mol. The standard InChI is InChI=1S/C14H22N2O2/c1-5-14(17)15-10-12(16(2)3)11-8-6-7-9-13(11)18-4/h6-9,12H,5,10H2,1-4H3,(H,15,17)/t12-/m1/s1. The number of para-hydroxylation sites is 1. The highest BCUT2D eigenvalue weighted by atomic mass is 16.5. The molecule has 1 atom stereocenters. The number of ether oxygens (including phenoxy) is 1. The Kier molecular flexibility index (Phi) is 5.65. The summed E-state index contributed by atoms with van der Waals surface area (Å²) in [6.45, 7) is 2.43. The molecular formula is C14H22N2O2. The van der Waals surface area contributed by atoms with Gasteiger partial charge in [-0.1, -0.05) is 25.1 Å². The van der Waals surface area contributed by atoms with Crippen molar-refractivity contribution in [2.24, 2.45) is 0 Å². The van der Waals surface area contributed by atoms with E-state index in [9.17, 15) is 4.79 Å². The zero-order chi connectivity index (χ0) is 13.5.